The molecular weight excluding hydrogens is 234 g/mol. The molecule has 0 bridgehead atoms. The third-order valence-electron chi connectivity index (χ3n) is 2.48. The van der Waals surface area contributed by atoms with E-state index in [1.165, 1.54) is 20.2 Å². The van der Waals surface area contributed by atoms with Crippen LogP contribution < -0.4 is 0 Å². The maximum Gasteiger partial charge on any atom is 0.521 e. The summed E-state index contributed by atoms with van der Waals surface area (Å²) >= 11 is 0. The number of carboxylic acid groups (broad SMARTS) is 1. The number of hydrogen-bond acceptors (Lipinski definition) is 3. The van der Waals surface area contributed by atoms with Gasteiger partial charge in [0, 0.05) is 0 Å². The van der Waals surface area contributed by atoms with E-state index in [1.54, 1.807) is 30.3 Å². The molecule has 1 aromatic rings. The summed E-state index contributed by atoms with van der Waals surface area (Å²) in [6.07, 6.45) is 0.428. The van der Waals surface area contributed by atoms with E-state index in [1.807, 2.05) is 0 Å². The van der Waals surface area contributed by atoms with Crippen LogP contribution >= 0.6 is 0 Å². The van der Waals surface area contributed by atoms with Crippen molar-refractivity contribution < 1.29 is 24.0 Å². The lowest BCUT2D eigenvalue weighted by Crippen LogP contribution is -2.50. The fourth-order valence-electron chi connectivity index (χ4n) is 1.28. The zero-order chi connectivity index (χ0) is 13.8. The molecule has 0 saturated carbocycles. The van der Waals surface area contributed by atoms with E-state index in [4.69, 9.17) is 5.11 Å². The second kappa shape index (κ2) is 5.37. The first kappa shape index (κ1) is 13.8. The van der Waals surface area contributed by atoms with Gasteiger partial charge >= 0.3 is 12.0 Å². The van der Waals surface area contributed by atoms with Crippen molar-refractivity contribution in [2.24, 2.45) is 0 Å². The number of likely N-dealkylation sites (N-methyl/N-ethyl adjacent to an activating group) is 1. The average Bonchev–Trinajstić information content (AvgIpc) is 2.36. The molecule has 0 spiro atoms. The normalized spacial score (nSPS) is 12.0. The largest absolute Gasteiger partial charge is 0.521 e. The zero-order valence-corrected chi connectivity index (χ0v) is 10.2. The first-order valence-corrected chi connectivity index (χ1v) is 5.24. The van der Waals surface area contributed by atoms with Crippen LogP contribution in [0.3, 0.4) is 0 Å². The van der Waals surface area contributed by atoms with Crippen LogP contribution in [-0.4, -0.2) is 42.0 Å². The highest BCUT2D eigenvalue weighted by Crippen LogP contribution is 2.11. The molecule has 1 N–H and O–H groups in total. The van der Waals surface area contributed by atoms with Crippen molar-refractivity contribution in [3.63, 3.8) is 0 Å². The van der Waals surface area contributed by atoms with Crippen molar-refractivity contribution in [3.05, 3.63) is 41.5 Å². The molecular formula is C13H14NO4+. The van der Waals surface area contributed by atoms with E-state index in [-0.39, 0.29) is 5.57 Å². The number of amides is 2. The molecule has 18 heavy (non-hydrogen) atoms. The van der Waals surface area contributed by atoms with Gasteiger partial charge in [-0.3, -0.25) is 4.79 Å². The lowest BCUT2D eigenvalue weighted by molar-refractivity contribution is -0.735. The van der Waals surface area contributed by atoms with Crippen LogP contribution in [0.1, 0.15) is 5.56 Å². The molecule has 94 valence electrons. The van der Waals surface area contributed by atoms with Gasteiger partial charge in [0.2, 0.25) is 0 Å². The van der Waals surface area contributed by atoms with Gasteiger partial charge in [-0.15, -0.1) is 0 Å². The van der Waals surface area contributed by atoms with E-state index in [9.17, 15) is 14.4 Å². The molecule has 0 saturated heterocycles. The van der Waals surface area contributed by atoms with Crippen LogP contribution in [0.15, 0.2) is 35.9 Å². The van der Waals surface area contributed by atoms with Gasteiger partial charge in [0.1, 0.15) is 5.57 Å². The number of carbonyl (C=O) groups is 3. The monoisotopic (exact) mass is 248 g/mol. The molecule has 0 aliphatic heterocycles. The van der Waals surface area contributed by atoms with Gasteiger partial charge in [0.25, 0.3) is 0 Å². The minimum Gasteiger partial charge on any atom is -0.435 e. The predicted octanol–water partition coefficient (Wildman–Crippen LogP) is 1.55. The van der Waals surface area contributed by atoms with Gasteiger partial charge in [-0.25, -0.2) is 4.79 Å². The van der Waals surface area contributed by atoms with Crippen LogP contribution in [-0.2, 0) is 9.59 Å². The predicted molar refractivity (Wildman–Crippen MR) is 65.6 cm³/mol. The minimum absolute atomic E-state index is 0.173. The first-order chi connectivity index (χ1) is 8.39. The second-order valence-electron chi connectivity index (χ2n) is 4.17. The molecule has 0 fully saturated rings. The third-order valence-corrected chi connectivity index (χ3v) is 2.48. The summed E-state index contributed by atoms with van der Waals surface area (Å²) in [4.78, 5) is 33.8. The Morgan fingerprint density at radius 3 is 2.17 bits per heavy atom. The number of nitrogens with zero attached hydrogens (tertiary/aromatic N) is 1. The van der Waals surface area contributed by atoms with Crippen LogP contribution in [0, 0.1) is 0 Å². The van der Waals surface area contributed by atoms with E-state index in [0.29, 0.717) is 11.8 Å². The zero-order valence-electron chi connectivity index (χ0n) is 10.2. The minimum atomic E-state index is -1.32. The Labute approximate surface area is 105 Å². The Balaban J connectivity index is 3.13. The van der Waals surface area contributed by atoms with Crippen molar-refractivity contribution in [2.75, 3.05) is 14.1 Å². The Hall–Kier alpha value is -2.27. The fraction of sp³-hybridized carbons (Fsp3) is 0.154. The summed E-state index contributed by atoms with van der Waals surface area (Å²) in [7, 11) is 2.43. The summed E-state index contributed by atoms with van der Waals surface area (Å²) in [5, 5.41) is 8.93. The van der Waals surface area contributed by atoms with Crippen molar-refractivity contribution in [2.45, 2.75) is 0 Å². The quantitative estimate of drug-likeness (QED) is 0.289. The summed E-state index contributed by atoms with van der Waals surface area (Å²) in [6, 6.07) is 8.76. The van der Waals surface area contributed by atoms with Crippen LogP contribution in [0.5, 0.6) is 0 Å². The highest BCUT2D eigenvalue weighted by molar-refractivity contribution is 6.13. The lowest BCUT2D eigenvalue weighted by atomic mass is 10.1. The van der Waals surface area contributed by atoms with Gasteiger partial charge in [-0.05, 0) is 11.6 Å². The van der Waals surface area contributed by atoms with Crippen LogP contribution in [0.2, 0.25) is 0 Å². The van der Waals surface area contributed by atoms with Crippen molar-refractivity contribution in [1.82, 2.24) is 0 Å². The number of aldehydes is 1. The number of hydrogen-bond donors (Lipinski definition) is 1. The van der Waals surface area contributed by atoms with Gasteiger partial charge in [0.15, 0.2) is 6.29 Å². The Kier molecular flexibility index (Phi) is 4.12. The van der Waals surface area contributed by atoms with E-state index < -0.39 is 16.5 Å². The maximum absolute atomic E-state index is 11.9. The van der Waals surface area contributed by atoms with Crippen molar-refractivity contribution in [3.8, 4) is 0 Å². The highest BCUT2D eigenvalue weighted by atomic mass is 16.4. The Morgan fingerprint density at radius 1 is 1.17 bits per heavy atom. The summed E-state index contributed by atoms with van der Waals surface area (Å²) in [5.41, 5.74) is 0.493. The number of carbonyl (C=O) groups excluding carboxylic acids is 2. The number of rotatable bonds is 3. The van der Waals surface area contributed by atoms with Crippen molar-refractivity contribution >= 4 is 24.4 Å². The smallest absolute Gasteiger partial charge is 0.435 e. The van der Waals surface area contributed by atoms with Gasteiger partial charge < -0.3 is 5.11 Å². The van der Waals surface area contributed by atoms with E-state index in [0.717, 1.165) is 0 Å². The van der Waals surface area contributed by atoms with Gasteiger partial charge in [-0.2, -0.15) is 9.28 Å². The summed E-state index contributed by atoms with van der Waals surface area (Å²) in [6.45, 7) is 0. The molecule has 5 nitrogen and oxygen atoms in total. The summed E-state index contributed by atoms with van der Waals surface area (Å²) in [5.74, 6) is -0.763. The topological polar surface area (TPSA) is 71.4 Å². The summed E-state index contributed by atoms with van der Waals surface area (Å²) < 4.78 is -0.919. The molecule has 0 aliphatic rings. The standard InChI is InChI=1S/C13H13NO4/c1-14(2,13(17)18)12(16)11(9-15)8-10-6-4-3-5-7-10/h3-9H,1-2H3/p+1. The van der Waals surface area contributed by atoms with E-state index in [2.05, 4.69) is 0 Å². The van der Waals surface area contributed by atoms with Crippen LogP contribution in [0.4, 0.5) is 4.79 Å². The second-order valence-corrected chi connectivity index (χ2v) is 4.17. The molecule has 1 aromatic carbocycles. The number of imide groups is 1. The maximum atomic E-state index is 11.9. The highest BCUT2D eigenvalue weighted by Gasteiger charge is 2.37. The van der Waals surface area contributed by atoms with Gasteiger partial charge in [0.05, 0.1) is 14.1 Å². The van der Waals surface area contributed by atoms with Gasteiger partial charge in [-0.1, -0.05) is 30.3 Å². The van der Waals surface area contributed by atoms with Crippen LogP contribution in [0.25, 0.3) is 6.08 Å². The third kappa shape index (κ3) is 2.89. The Bertz CT molecular complexity index is 503. The molecule has 1 rings (SSSR count). The molecule has 0 aromatic heterocycles. The fourth-order valence-corrected chi connectivity index (χ4v) is 1.28. The molecule has 0 aliphatic carbocycles. The molecule has 2 amide bonds. The average molecular weight is 248 g/mol. The lowest BCUT2D eigenvalue weighted by Gasteiger charge is -2.19. The Morgan fingerprint density at radius 2 is 1.72 bits per heavy atom. The van der Waals surface area contributed by atoms with E-state index >= 15 is 0 Å². The number of benzene rings is 1. The SMILES string of the molecule is C[N+](C)(C(=O)O)C(=O)C(C=O)=Cc1ccccc1. The molecule has 0 heterocycles. The van der Waals surface area contributed by atoms with Crippen molar-refractivity contribution in [1.29, 1.82) is 0 Å². The number of quaternary nitrogens is 1. The first-order valence-electron chi connectivity index (χ1n) is 5.24. The molecule has 0 radical (unpaired) electrons. The molecule has 0 unspecified atom stereocenters. The molecule has 0 atom stereocenters. The molecule has 5 heteroatoms.